The second kappa shape index (κ2) is 8.99. The zero-order valence-electron chi connectivity index (χ0n) is 14.2. The molecule has 1 atom stereocenters. The van der Waals surface area contributed by atoms with E-state index in [1.54, 1.807) is 12.1 Å². The van der Waals surface area contributed by atoms with Gasteiger partial charge in [0.05, 0.1) is 17.5 Å². The smallest absolute Gasteiger partial charge is 0.234 e. The van der Waals surface area contributed by atoms with Gasteiger partial charge in [-0.25, -0.2) is 4.98 Å². The predicted molar refractivity (Wildman–Crippen MR) is 94.9 cm³/mol. The second-order valence-corrected chi connectivity index (χ2v) is 7.06. The summed E-state index contributed by atoms with van der Waals surface area (Å²) in [6.07, 6.45) is 3.23. The maximum Gasteiger partial charge on any atom is 0.234 e. The molecule has 1 aliphatic rings. The van der Waals surface area contributed by atoms with E-state index in [2.05, 4.69) is 29.5 Å². The molecule has 2 heterocycles. The van der Waals surface area contributed by atoms with Crippen molar-refractivity contribution in [2.75, 3.05) is 31.5 Å². The Hall–Kier alpha value is -1.66. The van der Waals surface area contributed by atoms with Crippen LogP contribution in [0.5, 0.6) is 0 Å². The summed E-state index contributed by atoms with van der Waals surface area (Å²) in [5.41, 5.74) is 0. The lowest BCUT2D eigenvalue weighted by molar-refractivity contribution is -0.125. The molecule has 132 valence electrons. The number of hydrogen-bond acceptors (Lipinski definition) is 4. The Morgan fingerprint density at radius 3 is 2.88 bits per heavy atom. The number of hydrogen-bond donors (Lipinski definition) is 2. The average Bonchev–Trinajstić information content (AvgIpc) is 2.55. The van der Waals surface area contributed by atoms with Gasteiger partial charge in [-0.1, -0.05) is 25.4 Å². The summed E-state index contributed by atoms with van der Waals surface area (Å²) in [4.78, 5) is 30.4. The molecule has 2 amide bonds. The first-order valence-corrected chi connectivity index (χ1v) is 8.73. The van der Waals surface area contributed by atoms with Crippen LogP contribution in [-0.2, 0) is 9.59 Å². The summed E-state index contributed by atoms with van der Waals surface area (Å²) in [6.45, 7) is 6.58. The van der Waals surface area contributed by atoms with Gasteiger partial charge in [0.15, 0.2) is 0 Å². The Balaban J connectivity index is 1.82. The van der Waals surface area contributed by atoms with Gasteiger partial charge in [-0.15, -0.1) is 0 Å². The van der Waals surface area contributed by atoms with Gasteiger partial charge in [0.25, 0.3) is 0 Å². The number of piperidine rings is 1. The topological polar surface area (TPSA) is 74.3 Å². The van der Waals surface area contributed by atoms with Crippen molar-refractivity contribution in [1.82, 2.24) is 15.2 Å². The van der Waals surface area contributed by atoms with E-state index in [-0.39, 0.29) is 17.7 Å². The van der Waals surface area contributed by atoms with Crippen LogP contribution in [0.2, 0.25) is 5.02 Å². The standard InChI is InChI=1S/C17H25ClN4O2/c1-12(2)8-20-16(23)11-22-7-3-4-13(10-22)17(24)21-15-6-5-14(18)9-19-15/h5-6,9,12-13H,3-4,7-8,10-11H2,1-2H3,(H,20,23)(H,19,21,24). The highest BCUT2D eigenvalue weighted by Gasteiger charge is 2.27. The summed E-state index contributed by atoms with van der Waals surface area (Å²) in [5.74, 6) is 0.757. The molecule has 7 heteroatoms. The number of carbonyl (C=O) groups excluding carboxylic acids is 2. The number of halogens is 1. The summed E-state index contributed by atoms with van der Waals surface area (Å²) < 4.78 is 0. The van der Waals surface area contributed by atoms with E-state index in [4.69, 9.17) is 11.6 Å². The zero-order valence-corrected chi connectivity index (χ0v) is 15.0. The van der Waals surface area contributed by atoms with Crippen molar-refractivity contribution in [3.05, 3.63) is 23.4 Å². The number of aromatic nitrogens is 1. The van der Waals surface area contributed by atoms with Crippen LogP contribution in [0.15, 0.2) is 18.3 Å². The minimum atomic E-state index is -0.130. The molecule has 24 heavy (non-hydrogen) atoms. The lowest BCUT2D eigenvalue weighted by Gasteiger charge is -2.31. The number of pyridine rings is 1. The van der Waals surface area contributed by atoms with Gasteiger partial charge in [-0.3, -0.25) is 14.5 Å². The molecule has 1 aliphatic heterocycles. The van der Waals surface area contributed by atoms with Crippen molar-refractivity contribution in [2.45, 2.75) is 26.7 Å². The van der Waals surface area contributed by atoms with Gasteiger partial charge in [0, 0.05) is 19.3 Å². The summed E-state index contributed by atoms with van der Waals surface area (Å²) >= 11 is 5.79. The molecule has 1 saturated heterocycles. The molecule has 0 saturated carbocycles. The minimum Gasteiger partial charge on any atom is -0.355 e. The van der Waals surface area contributed by atoms with Crippen LogP contribution in [0.3, 0.4) is 0 Å². The summed E-state index contributed by atoms with van der Waals surface area (Å²) in [7, 11) is 0. The van der Waals surface area contributed by atoms with Crippen LogP contribution in [0, 0.1) is 11.8 Å². The van der Waals surface area contributed by atoms with Crippen molar-refractivity contribution in [2.24, 2.45) is 11.8 Å². The van der Waals surface area contributed by atoms with E-state index in [0.29, 0.717) is 36.4 Å². The number of carbonyl (C=O) groups is 2. The molecular formula is C17H25ClN4O2. The first kappa shape index (κ1) is 18.7. The number of nitrogens with zero attached hydrogens (tertiary/aromatic N) is 2. The van der Waals surface area contributed by atoms with Crippen LogP contribution in [-0.4, -0.2) is 47.9 Å². The third-order valence-electron chi connectivity index (χ3n) is 3.93. The molecule has 0 bridgehead atoms. The fourth-order valence-electron chi connectivity index (χ4n) is 2.67. The Labute approximate surface area is 148 Å². The van der Waals surface area contributed by atoms with Crippen LogP contribution < -0.4 is 10.6 Å². The summed E-state index contributed by atoms with van der Waals surface area (Å²) in [5, 5.41) is 6.26. The third kappa shape index (κ3) is 6.09. The lowest BCUT2D eigenvalue weighted by atomic mass is 9.97. The second-order valence-electron chi connectivity index (χ2n) is 6.62. The molecule has 1 unspecified atom stereocenters. The minimum absolute atomic E-state index is 0.0177. The first-order chi connectivity index (χ1) is 11.4. The number of likely N-dealkylation sites (tertiary alicyclic amines) is 1. The van der Waals surface area contributed by atoms with E-state index >= 15 is 0 Å². The number of amides is 2. The van der Waals surface area contributed by atoms with E-state index in [1.807, 2.05) is 4.90 Å². The zero-order chi connectivity index (χ0) is 17.5. The number of rotatable bonds is 6. The van der Waals surface area contributed by atoms with E-state index in [0.717, 1.165) is 19.4 Å². The van der Waals surface area contributed by atoms with Crippen molar-refractivity contribution in [3.63, 3.8) is 0 Å². The van der Waals surface area contributed by atoms with Gasteiger partial charge in [0.1, 0.15) is 5.82 Å². The largest absolute Gasteiger partial charge is 0.355 e. The molecule has 1 fully saturated rings. The number of anilines is 1. The summed E-state index contributed by atoms with van der Waals surface area (Å²) in [6, 6.07) is 3.37. The molecule has 0 radical (unpaired) electrons. The Bertz CT molecular complexity index is 562. The quantitative estimate of drug-likeness (QED) is 0.822. The molecule has 1 aromatic heterocycles. The highest BCUT2D eigenvalue weighted by Crippen LogP contribution is 2.18. The molecular weight excluding hydrogens is 328 g/mol. The van der Waals surface area contributed by atoms with Crippen LogP contribution in [0.1, 0.15) is 26.7 Å². The molecule has 0 spiro atoms. The van der Waals surface area contributed by atoms with Crippen LogP contribution in [0.4, 0.5) is 5.82 Å². The highest BCUT2D eigenvalue weighted by molar-refractivity contribution is 6.30. The predicted octanol–water partition coefficient (Wildman–Crippen LogP) is 2.16. The Morgan fingerprint density at radius 2 is 2.21 bits per heavy atom. The van der Waals surface area contributed by atoms with Gasteiger partial charge in [0.2, 0.25) is 11.8 Å². The molecule has 2 N–H and O–H groups in total. The Kier molecular flexibility index (Phi) is 6.99. The first-order valence-electron chi connectivity index (χ1n) is 8.35. The van der Waals surface area contributed by atoms with Crippen molar-refractivity contribution < 1.29 is 9.59 Å². The average molecular weight is 353 g/mol. The van der Waals surface area contributed by atoms with Crippen LogP contribution >= 0.6 is 11.6 Å². The Morgan fingerprint density at radius 1 is 1.42 bits per heavy atom. The van der Waals surface area contributed by atoms with E-state index in [9.17, 15) is 9.59 Å². The fraction of sp³-hybridized carbons (Fsp3) is 0.588. The molecule has 1 aromatic rings. The van der Waals surface area contributed by atoms with Gasteiger partial charge < -0.3 is 10.6 Å². The van der Waals surface area contributed by atoms with E-state index in [1.165, 1.54) is 6.20 Å². The monoisotopic (exact) mass is 352 g/mol. The molecule has 2 rings (SSSR count). The van der Waals surface area contributed by atoms with Crippen molar-refractivity contribution >= 4 is 29.2 Å². The SMILES string of the molecule is CC(C)CNC(=O)CN1CCCC(C(=O)Nc2ccc(Cl)cn2)C1. The van der Waals surface area contributed by atoms with E-state index < -0.39 is 0 Å². The molecule has 0 aromatic carbocycles. The maximum atomic E-state index is 12.4. The highest BCUT2D eigenvalue weighted by atomic mass is 35.5. The van der Waals surface area contributed by atoms with Gasteiger partial charge >= 0.3 is 0 Å². The molecule has 6 nitrogen and oxygen atoms in total. The van der Waals surface area contributed by atoms with Crippen molar-refractivity contribution in [3.8, 4) is 0 Å². The van der Waals surface area contributed by atoms with Crippen LogP contribution in [0.25, 0.3) is 0 Å². The normalized spacial score (nSPS) is 18.4. The number of nitrogens with one attached hydrogen (secondary N) is 2. The lowest BCUT2D eigenvalue weighted by Crippen LogP contribution is -2.45. The maximum absolute atomic E-state index is 12.4. The fourth-order valence-corrected chi connectivity index (χ4v) is 2.78. The third-order valence-corrected chi connectivity index (χ3v) is 4.15. The van der Waals surface area contributed by atoms with Gasteiger partial charge in [-0.2, -0.15) is 0 Å². The van der Waals surface area contributed by atoms with Crippen molar-refractivity contribution in [1.29, 1.82) is 0 Å². The molecule has 0 aliphatic carbocycles. The van der Waals surface area contributed by atoms with Gasteiger partial charge in [-0.05, 0) is 37.4 Å².